The molecule has 0 unspecified atom stereocenters. The number of nitrogens with one attached hydrogen (secondary N) is 1. The first-order valence-corrected chi connectivity index (χ1v) is 5.66. The molecular weight excluding hydrogens is 226 g/mol. The fourth-order valence-electron chi connectivity index (χ4n) is 1.35. The summed E-state index contributed by atoms with van der Waals surface area (Å²) in [6.07, 6.45) is 1.52. The smallest absolute Gasteiger partial charge is 0.329 e. The van der Waals surface area contributed by atoms with Crippen LogP contribution in [-0.2, 0) is 14.3 Å². The maximum atomic E-state index is 11.3. The summed E-state index contributed by atoms with van der Waals surface area (Å²) in [5.74, 6) is -1.48. The van der Waals surface area contributed by atoms with Gasteiger partial charge in [0.05, 0.1) is 6.61 Å². The SMILES string of the molecule is CCC(CC)(CO)CNC(=O)COCC(=O)O. The van der Waals surface area contributed by atoms with E-state index < -0.39 is 12.6 Å². The monoisotopic (exact) mass is 247 g/mol. The summed E-state index contributed by atoms with van der Waals surface area (Å²) in [4.78, 5) is 21.5. The Hall–Kier alpha value is -1.14. The Morgan fingerprint density at radius 1 is 1.24 bits per heavy atom. The van der Waals surface area contributed by atoms with Crippen LogP contribution in [0.25, 0.3) is 0 Å². The number of aliphatic carboxylic acids is 1. The summed E-state index contributed by atoms with van der Waals surface area (Å²) in [5, 5.41) is 20.2. The number of aliphatic hydroxyl groups excluding tert-OH is 1. The maximum Gasteiger partial charge on any atom is 0.329 e. The summed E-state index contributed by atoms with van der Waals surface area (Å²) in [6, 6.07) is 0. The number of carboxylic acids is 1. The molecule has 0 atom stereocenters. The van der Waals surface area contributed by atoms with Crippen molar-refractivity contribution in [1.29, 1.82) is 0 Å². The van der Waals surface area contributed by atoms with Crippen molar-refractivity contribution in [2.75, 3.05) is 26.4 Å². The van der Waals surface area contributed by atoms with Gasteiger partial charge in [0, 0.05) is 12.0 Å². The highest BCUT2D eigenvalue weighted by atomic mass is 16.5. The number of carboxylic acid groups (broad SMARTS) is 1. The highest BCUT2D eigenvalue weighted by Gasteiger charge is 2.25. The summed E-state index contributed by atoms with van der Waals surface area (Å²) >= 11 is 0. The van der Waals surface area contributed by atoms with Crippen LogP contribution in [0.1, 0.15) is 26.7 Å². The van der Waals surface area contributed by atoms with Crippen molar-refractivity contribution in [3.05, 3.63) is 0 Å². The van der Waals surface area contributed by atoms with Crippen LogP contribution < -0.4 is 5.32 Å². The van der Waals surface area contributed by atoms with Gasteiger partial charge in [-0.2, -0.15) is 0 Å². The molecule has 0 spiro atoms. The molecule has 0 heterocycles. The highest BCUT2D eigenvalue weighted by molar-refractivity contribution is 5.77. The van der Waals surface area contributed by atoms with Gasteiger partial charge in [-0.15, -0.1) is 0 Å². The van der Waals surface area contributed by atoms with E-state index in [0.29, 0.717) is 6.54 Å². The third-order valence-corrected chi connectivity index (χ3v) is 2.95. The van der Waals surface area contributed by atoms with Crippen molar-refractivity contribution < 1.29 is 24.5 Å². The molecule has 6 nitrogen and oxygen atoms in total. The molecule has 0 aromatic rings. The fourth-order valence-corrected chi connectivity index (χ4v) is 1.35. The molecule has 0 rings (SSSR count). The normalized spacial score (nSPS) is 11.2. The minimum atomic E-state index is -1.11. The maximum absolute atomic E-state index is 11.3. The van der Waals surface area contributed by atoms with Gasteiger partial charge < -0.3 is 20.3 Å². The lowest BCUT2D eigenvalue weighted by Crippen LogP contribution is -2.40. The van der Waals surface area contributed by atoms with Crippen LogP contribution in [0, 0.1) is 5.41 Å². The number of amides is 1. The molecular formula is C11H21NO5. The van der Waals surface area contributed by atoms with Crippen LogP contribution in [-0.4, -0.2) is 48.5 Å². The van der Waals surface area contributed by atoms with Gasteiger partial charge in [-0.3, -0.25) is 4.79 Å². The summed E-state index contributed by atoms with van der Waals surface area (Å²) in [5.41, 5.74) is -0.303. The second kappa shape index (κ2) is 8.03. The molecule has 100 valence electrons. The molecule has 0 aromatic carbocycles. The van der Waals surface area contributed by atoms with Crippen molar-refractivity contribution in [2.45, 2.75) is 26.7 Å². The topological polar surface area (TPSA) is 95.9 Å². The predicted octanol–water partition coefficient (Wildman–Crippen LogP) is 0.00250. The minimum absolute atomic E-state index is 0.0102. The van der Waals surface area contributed by atoms with Gasteiger partial charge in [-0.25, -0.2) is 4.79 Å². The van der Waals surface area contributed by atoms with E-state index in [4.69, 9.17) is 5.11 Å². The molecule has 0 fully saturated rings. The van der Waals surface area contributed by atoms with Crippen LogP contribution in [0.4, 0.5) is 0 Å². The summed E-state index contributed by atoms with van der Waals surface area (Å²) in [7, 11) is 0. The zero-order valence-electron chi connectivity index (χ0n) is 10.4. The van der Waals surface area contributed by atoms with Crippen molar-refractivity contribution >= 4 is 11.9 Å². The first-order valence-electron chi connectivity index (χ1n) is 5.66. The average Bonchev–Trinajstić information content (AvgIpc) is 2.31. The van der Waals surface area contributed by atoms with E-state index in [0.717, 1.165) is 12.8 Å². The Morgan fingerprint density at radius 2 is 1.82 bits per heavy atom. The molecule has 0 aliphatic heterocycles. The second-order valence-electron chi connectivity index (χ2n) is 4.03. The molecule has 0 saturated heterocycles. The van der Waals surface area contributed by atoms with E-state index in [-0.39, 0.29) is 24.5 Å². The molecule has 0 aliphatic rings. The molecule has 0 saturated carbocycles. The molecule has 0 aromatic heterocycles. The molecule has 17 heavy (non-hydrogen) atoms. The van der Waals surface area contributed by atoms with Gasteiger partial charge in [0.2, 0.25) is 5.91 Å². The van der Waals surface area contributed by atoms with Crippen LogP contribution in [0.3, 0.4) is 0 Å². The Bertz CT molecular complexity index is 242. The number of hydrogen-bond acceptors (Lipinski definition) is 4. The number of carbonyl (C=O) groups is 2. The first kappa shape index (κ1) is 15.9. The Morgan fingerprint density at radius 3 is 2.24 bits per heavy atom. The lowest BCUT2D eigenvalue weighted by molar-refractivity contribution is -0.143. The van der Waals surface area contributed by atoms with E-state index >= 15 is 0 Å². The zero-order chi connectivity index (χ0) is 13.3. The zero-order valence-corrected chi connectivity index (χ0v) is 10.4. The van der Waals surface area contributed by atoms with E-state index in [1.165, 1.54) is 0 Å². The van der Waals surface area contributed by atoms with Gasteiger partial charge in [0.1, 0.15) is 13.2 Å². The molecule has 0 aliphatic carbocycles. The quantitative estimate of drug-likeness (QED) is 0.533. The predicted molar refractivity (Wildman–Crippen MR) is 61.6 cm³/mol. The third kappa shape index (κ3) is 6.23. The highest BCUT2D eigenvalue weighted by Crippen LogP contribution is 2.24. The van der Waals surface area contributed by atoms with E-state index in [9.17, 15) is 14.7 Å². The lowest BCUT2D eigenvalue weighted by Gasteiger charge is -2.29. The van der Waals surface area contributed by atoms with Crippen LogP contribution in [0.2, 0.25) is 0 Å². The Balaban J connectivity index is 3.92. The second-order valence-corrected chi connectivity index (χ2v) is 4.03. The molecule has 1 amide bonds. The van der Waals surface area contributed by atoms with Gasteiger partial charge in [0.15, 0.2) is 0 Å². The Kier molecular flexibility index (Phi) is 7.49. The van der Waals surface area contributed by atoms with Gasteiger partial charge in [-0.05, 0) is 12.8 Å². The van der Waals surface area contributed by atoms with Crippen molar-refractivity contribution in [3.63, 3.8) is 0 Å². The van der Waals surface area contributed by atoms with Crippen LogP contribution in [0.15, 0.2) is 0 Å². The van der Waals surface area contributed by atoms with Crippen LogP contribution in [0.5, 0.6) is 0 Å². The van der Waals surface area contributed by atoms with E-state index in [1.807, 2.05) is 13.8 Å². The first-order chi connectivity index (χ1) is 7.99. The van der Waals surface area contributed by atoms with Crippen LogP contribution >= 0.6 is 0 Å². The third-order valence-electron chi connectivity index (χ3n) is 2.95. The van der Waals surface area contributed by atoms with E-state index in [1.54, 1.807) is 0 Å². The Labute approximate surface area is 101 Å². The van der Waals surface area contributed by atoms with Gasteiger partial charge >= 0.3 is 5.97 Å². The standard InChI is InChI=1S/C11H21NO5/c1-3-11(4-2,8-13)7-12-9(14)5-17-6-10(15)16/h13H,3-8H2,1-2H3,(H,12,14)(H,15,16). The van der Waals surface area contributed by atoms with Crippen molar-refractivity contribution in [2.24, 2.45) is 5.41 Å². The van der Waals surface area contributed by atoms with Crippen molar-refractivity contribution in [3.8, 4) is 0 Å². The number of ether oxygens (including phenoxy) is 1. The van der Waals surface area contributed by atoms with Crippen molar-refractivity contribution in [1.82, 2.24) is 5.32 Å². The molecule has 6 heteroatoms. The largest absolute Gasteiger partial charge is 0.480 e. The fraction of sp³-hybridized carbons (Fsp3) is 0.818. The van der Waals surface area contributed by atoms with Gasteiger partial charge in [0.25, 0.3) is 0 Å². The molecule has 3 N–H and O–H groups in total. The lowest BCUT2D eigenvalue weighted by atomic mass is 9.83. The van der Waals surface area contributed by atoms with Gasteiger partial charge in [-0.1, -0.05) is 13.8 Å². The number of rotatable bonds is 9. The number of carbonyl (C=O) groups excluding carboxylic acids is 1. The number of hydrogen-bond donors (Lipinski definition) is 3. The molecule has 0 radical (unpaired) electrons. The molecule has 0 bridgehead atoms. The van der Waals surface area contributed by atoms with E-state index in [2.05, 4.69) is 10.1 Å². The number of aliphatic hydroxyl groups is 1. The summed E-state index contributed by atoms with van der Waals surface area (Å²) in [6.45, 7) is 3.52. The average molecular weight is 247 g/mol. The minimum Gasteiger partial charge on any atom is -0.480 e. The summed E-state index contributed by atoms with van der Waals surface area (Å²) < 4.78 is 4.65.